The van der Waals surface area contributed by atoms with Crippen molar-refractivity contribution in [1.29, 1.82) is 0 Å². The summed E-state index contributed by atoms with van der Waals surface area (Å²) in [5.74, 6) is -1.26. The lowest BCUT2D eigenvalue weighted by molar-refractivity contribution is -0.134. The predicted molar refractivity (Wildman–Crippen MR) is 73.1 cm³/mol. The molecule has 1 aromatic rings. The number of carbonyl (C=O) groups excluding carboxylic acids is 2. The van der Waals surface area contributed by atoms with E-state index in [1.165, 1.54) is 6.07 Å². The van der Waals surface area contributed by atoms with Crippen LogP contribution in [0.15, 0.2) is 12.1 Å². The number of hydrogen-bond acceptors (Lipinski definition) is 5. The first-order valence-corrected chi connectivity index (χ1v) is 7.37. The molecule has 0 bridgehead atoms. The lowest BCUT2D eigenvalue weighted by Crippen LogP contribution is -2.50. The first kappa shape index (κ1) is 14.0. The first-order valence-electron chi connectivity index (χ1n) is 6.56. The van der Waals surface area contributed by atoms with Gasteiger partial charge in [0.05, 0.1) is 6.54 Å². The van der Waals surface area contributed by atoms with Crippen LogP contribution in [0.25, 0.3) is 0 Å². The molecule has 2 saturated heterocycles. The van der Waals surface area contributed by atoms with E-state index in [1.54, 1.807) is 6.07 Å². The number of ether oxygens (including phenoxy) is 1. The van der Waals surface area contributed by atoms with E-state index in [2.05, 4.69) is 5.32 Å². The number of aromatic carboxylic acids is 1. The molecule has 8 heteroatoms. The minimum absolute atomic E-state index is 0.102. The molecule has 0 unspecified atom stereocenters. The minimum Gasteiger partial charge on any atom is -0.477 e. The summed E-state index contributed by atoms with van der Waals surface area (Å²) in [5.41, 5.74) is -0.845. The van der Waals surface area contributed by atoms with E-state index < -0.39 is 17.5 Å². The van der Waals surface area contributed by atoms with Crippen molar-refractivity contribution in [2.24, 2.45) is 0 Å². The number of imide groups is 1. The number of rotatable bonds is 3. The zero-order chi connectivity index (χ0) is 15.0. The van der Waals surface area contributed by atoms with E-state index in [9.17, 15) is 14.4 Å². The van der Waals surface area contributed by atoms with Gasteiger partial charge in [-0.25, -0.2) is 9.59 Å². The van der Waals surface area contributed by atoms with Crippen LogP contribution >= 0.6 is 11.3 Å². The molecule has 0 aromatic carbocycles. The molecule has 21 heavy (non-hydrogen) atoms. The number of thiophene rings is 1. The standard InChI is InChI=1S/C13H14N2O5S/c16-10(17)9-2-1-8(21-9)7-15-11(18)13(14-12(15)19)3-5-20-6-4-13/h1-2H,3-7H2,(H,14,19)(H,16,17). The van der Waals surface area contributed by atoms with Gasteiger partial charge in [-0.15, -0.1) is 11.3 Å². The summed E-state index contributed by atoms with van der Waals surface area (Å²) in [4.78, 5) is 37.4. The van der Waals surface area contributed by atoms with E-state index in [4.69, 9.17) is 9.84 Å². The Balaban J connectivity index is 1.77. The molecule has 2 N–H and O–H groups in total. The molecule has 112 valence electrons. The van der Waals surface area contributed by atoms with Crippen LogP contribution in [-0.4, -0.2) is 46.7 Å². The number of nitrogens with zero attached hydrogens (tertiary/aromatic N) is 1. The van der Waals surface area contributed by atoms with Crippen molar-refractivity contribution in [2.45, 2.75) is 24.9 Å². The van der Waals surface area contributed by atoms with Gasteiger partial charge >= 0.3 is 12.0 Å². The molecule has 0 atom stereocenters. The van der Waals surface area contributed by atoms with Crippen LogP contribution in [-0.2, 0) is 16.1 Å². The summed E-state index contributed by atoms with van der Waals surface area (Å²) in [6.45, 7) is 0.995. The summed E-state index contributed by atoms with van der Waals surface area (Å²) in [5, 5.41) is 11.7. The normalized spacial score (nSPS) is 20.9. The van der Waals surface area contributed by atoms with Crippen molar-refractivity contribution in [1.82, 2.24) is 10.2 Å². The Labute approximate surface area is 124 Å². The van der Waals surface area contributed by atoms with Gasteiger partial charge in [0.15, 0.2) is 0 Å². The highest BCUT2D eigenvalue weighted by Crippen LogP contribution is 2.30. The highest BCUT2D eigenvalue weighted by Gasteiger charge is 2.51. The van der Waals surface area contributed by atoms with Crippen molar-refractivity contribution >= 4 is 29.2 Å². The largest absolute Gasteiger partial charge is 0.477 e. The van der Waals surface area contributed by atoms with Crippen LogP contribution < -0.4 is 5.32 Å². The zero-order valence-electron chi connectivity index (χ0n) is 11.1. The molecule has 1 spiro atoms. The second kappa shape index (κ2) is 5.12. The molecule has 0 aliphatic carbocycles. The van der Waals surface area contributed by atoms with Crippen molar-refractivity contribution in [2.75, 3.05) is 13.2 Å². The summed E-state index contributed by atoms with van der Waals surface area (Å²) < 4.78 is 5.24. The van der Waals surface area contributed by atoms with Crippen LogP contribution in [0.5, 0.6) is 0 Å². The van der Waals surface area contributed by atoms with Crippen molar-refractivity contribution in [3.8, 4) is 0 Å². The smallest absolute Gasteiger partial charge is 0.345 e. The molecule has 7 nitrogen and oxygen atoms in total. The molecule has 2 aliphatic rings. The average Bonchev–Trinajstić information content (AvgIpc) is 3.00. The molecule has 0 radical (unpaired) electrons. The molecule has 1 aromatic heterocycles. The minimum atomic E-state index is -1.01. The van der Waals surface area contributed by atoms with E-state index in [0.29, 0.717) is 30.9 Å². The van der Waals surface area contributed by atoms with Gasteiger partial charge in [-0.2, -0.15) is 0 Å². The van der Waals surface area contributed by atoms with Crippen LogP contribution in [0.2, 0.25) is 0 Å². The van der Waals surface area contributed by atoms with Gasteiger partial charge in [0.1, 0.15) is 10.4 Å². The fourth-order valence-corrected chi connectivity index (χ4v) is 3.45. The molecular weight excluding hydrogens is 296 g/mol. The van der Waals surface area contributed by atoms with Crippen LogP contribution in [0.4, 0.5) is 4.79 Å². The summed E-state index contributed by atoms with van der Waals surface area (Å²) in [6.07, 6.45) is 0.942. The maximum atomic E-state index is 12.5. The van der Waals surface area contributed by atoms with Gasteiger partial charge in [0.25, 0.3) is 5.91 Å². The number of carboxylic acid groups (broad SMARTS) is 1. The summed E-state index contributed by atoms with van der Waals surface area (Å²) in [7, 11) is 0. The third kappa shape index (κ3) is 2.40. The Morgan fingerprint density at radius 1 is 1.38 bits per heavy atom. The molecule has 2 aliphatic heterocycles. The lowest BCUT2D eigenvalue weighted by atomic mass is 9.90. The fourth-order valence-electron chi connectivity index (χ4n) is 2.61. The van der Waals surface area contributed by atoms with Gasteiger partial charge in [-0.3, -0.25) is 9.69 Å². The van der Waals surface area contributed by atoms with Crippen LogP contribution in [0.1, 0.15) is 27.4 Å². The monoisotopic (exact) mass is 310 g/mol. The Bertz CT molecular complexity index is 605. The van der Waals surface area contributed by atoms with E-state index >= 15 is 0 Å². The Kier molecular flexibility index (Phi) is 3.42. The number of carbonyl (C=O) groups is 3. The second-order valence-electron chi connectivity index (χ2n) is 5.09. The molecule has 3 rings (SSSR count). The van der Waals surface area contributed by atoms with Crippen LogP contribution in [0, 0.1) is 0 Å². The molecule has 3 heterocycles. The quantitative estimate of drug-likeness (QED) is 0.813. The van der Waals surface area contributed by atoms with Crippen molar-refractivity contribution in [3.63, 3.8) is 0 Å². The van der Waals surface area contributed by atoms with Gasteiger partial charge in [0, 0.05) is 30.9 Å². The molecule has 3 amide bonds. The maximum Gasteiger partial charge on any atom is 0.345 e. The van der Waals surface area contributed by atoms with E-state index in [1.807, 2.05) is 0 Å². The SMILES string of the molecule is O=C(O)c1ccc(CN2C(=O)NC3(CCOCC3)C2=O)s1. The van der Waals surface area contributed by atoms with Gasteiger partial charge in [0.2, 0.25) is 0 Å². The summed E-state index contributed by atoms with van der Waals surface area (Å²) in [6, 6.07) is 2.68. The second-order valence-corrected chi connectivity index (χ2v) is 6.26. The topological polar surface area (TPSA) is 95.9 Å². The lowest BCUT2D eigenvalue weighted by Gasteiger charge is -2.30. The number of nitrogens with one attached hydrogen (secondary N) is 1. The van der Waals surface area contributed by atoms with Gasteiger partial charge in [-0.05, 0) is 12.1 Å². The average molecular weight is 310 g/mol. The number of hydrogen-bond donors (Lipinski definition) is 2. The Morgan fingerprint density at radius 2 is 2.10 bits per heavy atom. The Morgan fingerprint density at radius 3 is 2.71 bits per heavy atom. The predicted octanol–water partition coefficient (Wildman–Crippen LogP) is 1.05. The zero-order valence-corrected chi connectivity index (χ0v) is 11.9. The third-order valence-electron chi connectivity index (χ3n) is 3.78. The number of amides is 3. The molecule has 2 fully saturated rings. The fraction of sp³-hybridized carbons (Fsp3) is 0.462. The third-order valence-corrected chi connectivity index (χ3v) is 4.84. The first-order chi connectivity index (χ1) is 10.0. The molecular formula is C13H14N2O5S. The highest BCUT2D eigenvalue weighted by molar-refractivity contribution is 7.13. The van der Waals surface area contributed by atoms with Gasteiger partial charge in [-0.1, -0.05) is 0 Å². The van der Waals surface area contributed by atoms with E-state index in [0.717, 1.165) is 16.2 Å². The number of carboxylic acids is 1. The Hall–Kier alpha value is -1.93. The molecule has 0 saturated carbocycles. The summed E-state index contributed by atoms with van der Waals surface area (Å²) >= 11 is 1.07. The van der Waals surface area contributed by atoms with Gasteiger partial charge < -0.3 is 15.2 Å². The maximum absolute atomic E-state index is 12.5. The highest BCUT2D eigenvalue weighted by atomic mass is 32.1. The van der Waals surface area contributed by atoms with Crippen molar-refractivity contribution < 1.29 is 24.2 Å². The number of urea groups is 1. The van der Waals surface area contributed by atoms with Crippen molar-refractivity contribution in [3.05, 3.63) is 21.9 Å². The van der Waals surface area contributed by atoms with E-state index in [-0.39, 0.29) is 17.3 Å². The van der Waals surface area contributed by atoms with Crippen LogP contribution in [0.3, 0.4) is 0 Å².